The second-order valence-electron chi connectivity index (χ2n) is 9.99. The van der Waals surface area contributed by atoms with Crippen molar-refractivity contribution in [2.24, 2.45) is 11.3 Å². The normalized spacial score (nSPS) is 23.8. The van der Waals surface area contributed by atoms with Gasteiger partial charge in [0.1, 0.15) is 5.41 Å². The number of amides is 3. The maximum Gasteiger partial charge on any atom is 0.318 e. The Morgan fingerprint density at radius 2 is 1.97 bits per heavy atom. The summed E-state index contributed by atoms with van der Waals surface area (Å²) in [6.07, 6.45) is 6.76. The molecular formula is C28H37N3O5. The summed E-state index contributed by atoms with van der Waals surface area (Å²) in [4.78, 5) is 55.2. The third-order valence-electron chi connectivity index (χ3n) is 7.52. The maximum atomic E-state index is 13.7. The van der Waals surface area contributed by atoms with Crippen molar-refractivity contribution in [3.05, 3.63) is 47.7 Å². The average molecular weight is 496 g/mol. The molecule has 1 aliphatic carbocycles. The van der Waals surface area contributed by atoms with Gasteiger partial charge in [0.05, 0.1) is 13.2 Å². The zero-order chi connectivity index (χ0) is 25.5. The second kappa shape index (κ2) is 11.7. The quantitative estimate of drug-likeness (QED) is 0.397. The van der Waals surface area contributed by atoms with Gasteiger partial charge in [-0.2, -0.15) is 0 Å². The van der Waals surface area contributed by atoms with Crippen LogP contribution in [0.3, 0.4) is 0 Å². The van der Waals surface area contributed by atoms with Gasteiger partial charge in [0.2, 0.25) is 17.7 Å². The molecule has 2 heterocycles. The smallest absolute Gasteiger partial charge is 0.318 e. The van der Waals surface area contributed by atoms with E-state index >= 15 is 0 Å². The van der Waals surface area contributed by atoms with E-state index < -0.39 is 11.3 Å². The van der Waals surface area contributed by atoms with Gasteiger partial charge >= 0.3 is 5.97 Å². The van der Waals surface area contributed by atoms with Gasteiger partial charge in [-0.05, 0) is 51.0 Å². The first-order valence-corrected chi connectivity index (χ1v) is 13.2. The average Bonchev–Trinajstić information content (AvgIpc) is 3.29. The summed E-state index contributed by atoms with van der Waals surface area (Å²) in [5.41, 5.74) is 0.794. The van der Waals surface area contributed by atoms with Crippen LogP contribution in [0.4, 0.5) is 0 Å². The number of fused-ring (bicyclic) bond motifs is 1. The van der Waals surface area contributed by atoms with Gasteiger partial charge in [0.15, 0.2) is 0 Å². The van der Waals surface area contributed by atoms with Gasteiger partial charge in [0.25, 0.3) is 0 Å². The fourth-order valence-electron chi connectivity index (χ4n) is 5.77. The fourth-order valence-corrected chi connectivity index (χ4v) is 5.77. The number of esters is 1. The van der Waals surface area contributed by atoms with Gasteiger partial charge in [-0.3, -0.25) is 19.2 Å². The van der Waals surface area contributed by atoms with Crippen molar-refractivity contribution in [2.75, 3.05) is 26.2 Å². The summed E-state index contributed by atoms with van der Waals surface area (Å²) in [6.45, 7) is 4.28. The number of benzene rings is 1. The number of carbonyl (C=O) groups excluding carboxylic acids is 4. The van der Waals surface area contributed by atoms with E-state index in [1.807, 2.05) is 41.3 Å². The molecule has 194 valence electrons. The van der Waals surface area contributed by atoms with Gasteiger partial charge in [0, 0.05) is 44.1 Å². The number of allylic oxidation sites excluding steroid dienone is 1. The molecule has 2 fully saturated rings. The van der Waals surface area contributed by atoms with E-state index in [1.165, 1.54) is 0 Å². The maximum absolute atomic E-state index is 13.7. The van der Waals surface area contributed by atoms with Crippen molar-refractivity contribution in [1.29, 1.82) is 0 Å². The minimum Gasteiger partial charge on any atom is -0.465 e. The lowest BCUT2D eigenvalue weighted by Crippen LogP contribution is -2.54. The van der Waals surface area contributed by atoms with Gasteiger partial charge in [-0.1, -0.05) is 36.4 Å². The summed E-state index contributed by atoms with van der Waals surface area (Å²) < 4.78 is 5.52. The summed E-state index contributed by atoms with van der Waals surface area (Å²) in [5.74, 6) is -1.06. The molecule has 0 saturated carbocycles. The van der Waals surface area contributed by atoms with Crippen molar-refractivity contribution in [2.45, 2.75) is 64.8 Å². The van der Waals surface area contributed by atoms with Gasteiger partial charge < -0.3 is 19.9 Å². The van der Waals surface area contributed by atoms with Gasteiger partial charge in [-0.15, -0.1) is 0 Å². The molecule has 0 aromatic heterocycles. The Morgan fingerprint density at radius 3 is 2.69 bits per heavy atom. The van der Waals surface area contributed by atoms with E-state index in [1.54, 1.807) is 11.8 Å². The number of nitrogens with one attached hydrogen (secondary N) is 1. The first kappa shape index (κ1) is 25.9. The van der Waals surface area contributed by atoms with Crippen LogP contribution in [-0.2, 0) is 30.5 Å². The molecule has 1 aromatic carbocycles. The van der Waals surface area contributed by atoms with Crippen LogP contribution in [0.1, 0.15) is 63.9 Å². The molecule has 2 aliphatic heterocycles. The van der Waals surface area contributed by atoms with E-state index in [0.717, 1.165) is 37.1 Å². The molecule has 3 amide bonds. The molecule has 0 spiro atoms. The summed E-state index contributed by atoms with van der Waals surface area (Å²) in [5, 5.41) is 2.91. The van der Waals surface area contributed by atoms with E-state index in [0.29, 0.717) is 38.9 Å². The number of nitrogens with zero attached hydrogens (tertiary/aromatic N) is 2. The van der Waals surface area contributed by atoms with Crippen molar-refractivity contribution in [3.8, 4) is 0 Å². The third kappa shape index (κ3) is 5.63. The minimum absolute atomic E-state index is 0.0290. The molecule has 4 rings (SSSR count). The number of hydrogen-bond donors (Lipinski definition) is 1. The molecule has 36 heavy (non-hydrogen) atoms. The summed E-state index contributed by atoms with van der Waals surface area (Å²) in [6, 6.07) is 9.71. The zero-order valence-electron chi connectivity index (χ0n) is 21.2. The predicted molar refractivity (Wildman–Crippen MR) is 134 cm³/mol. The van der Waals surface area contributed by atoms with Crippen molar-refractivity contribution < 1.29 is 23.9 Å². The Bertz CT molecular complexity index is 1010. The molecule has 0 unspecified atom stereocenters. The summed E-state index contributed by atoms with van der Waals surface area (Å²) in [7, 11) is 0. The zero-order valence-corrected chi connectivity index (χ0v) is 21.2. The summed E-state index contributed by atoms with van der Waals surface area (Å²) >= 11 is 0. The van der Waals surface area contributed by atoms with E-state index in [9.17, 15) is 19.2 Å². The molecule has 8 nitrogen and oxygen atoms in total. The van der Waals surface area contributed by atoms with Crippen LogP contribution in [-0.4, -0.2) is 59.7 Å². The second-order valence-corrected chi connectivity index (χ2v) is 9.99. The number of piperidine rings is 1. The van der Waals surface area contributed by atoms with Crippen LogP contribution in [0.15, 0.2) is 42.1 Å². The molecule has 2 atom stereocenters. The Labute approximate surface area is 213 Å². The number of likely N-dealkylation sites (tertiary alicyclic amines) is 2. The monoisotopic (exact) mass is 495 g/mol. The van der Waals surface area contributed by atoms with Crippen LogP contribution in [0.25, 0.3) is 0 Å². The largest absolute Gasteiger partial charge is 0.465 e. The van der Waals surface area contributed by atoms with Crippen LogP contribution >= 0.6 is 0 Å². The van der Waals surface area contributed by atoms with E-state index in [-0.39, 0.29) is 43.1 Å². The third-order valence-corrected chi connectivity index (χ3v) is 7.52. The fraction of sp³-hybridized carbons (Fsp3) is 0.571. The Morgan fingerprint density at radius 1 is 1.17 bits per heavy atom. The molecule has 3 aliphatic rings. The van der Waals surface area contributed by atoms with Crippen LogP contribution in [0.5, 0.6) is 0 Å². The molecule has 1 aromatic rings. The number of hydrogen-bond acceptors (Lipinski definition) is 5. The number of ether oxygens (including phenoxy) is 1. The molecular weight excluding hydrogens is 458 g/mol. The number of rotatable bonds is 10. The Balaban J connectivity index is 1.47. The highest BCUT2D eigenvalue weighted by Crippen LogP contribution is 2.50. The van der Waals surface area contributed by atoms with Crippen molar-refractivity contribution in [1.82, 2.24) is 15.1 Å². The molecule has 8 heteroatoms. The topological polar surface area (TPSA) is 96.0 Å². The van der Waals surface area contributed by atoms with E-state index in [4.69, 9.17) is 4.74 Å². The SMILES string of the molecule is CCOC(=O)[C@]12CCCC=C1N(Cc1ccccc1)C(=O)[C@H](CC(=O)NCCCN1CCCC1=O)C2. The lowest BCUT2D eigenvalue weighted by molar-refractivity contribution is -0.162. The Kier molecular flexibility index (Phi) is 8.44. The van der Waals surface area contributed by atoms with E-state index in [2.05, 4.69) is 5.32 Å². The first-order chi connectivity index (χ1) is 17.4. The van der Waals surface area contributed by atoms with Crippen molar-refractivity contribution >= 4 is 23.7 Å². The minimum atomic E-state index is -0.905. The predicted octanol–water partition coefficient (Wildman–Crippen LogP) is 3.17. The van der Waals surface area contributed by atoms with Crippen molar-refractivity contribution in [3.63, 3.8) is 0 Å². The van der Waals surface area contributed by atoms with Crippen LogP contribution in [0, 0.1) is 11.3 Å². The highest BCUT2D eigenvalue weighted by Gasteiger charge is 2.54. The standard InChI is InChI=1S/C28H37N3O5/c1-2-36-27(35)28-14-7-6-12-23(28)31(20-21-10-4-3-5-11-21)26(34)22(19-28)18-24(32)29-15-9-17-30-16-8-13-25(30)33/h3-5,10-12,22H,2,6-9,13-20H2,1H3,(H,29,32)/t22-,28+/m1/s1. The van der Waals surface area contributed by atoms with Crippen LogP contribution in [0.2, 0.25) is 0 Å². The number of carbonyl (C=O) groups is 4. The highest BCUT2D eigenvalue weighted by molar-refractivity contribution is 5.92. The van der Waals surface area contributed by atoms with Crippen LogP contribution < -0.4 is 5.32 Å². The molecule has 1 N–H and O–H groups in total. The lowest BCUT2D eigenvalue weighted by Gasteiger charge is -2.48. The first-order valence-electron chi connectivity index (χ1n) is 13.2. The van der Waals surface area contributed by atoms with Gasteiger partial charge in [-0.25, -0.2) is 0 Å². The lowest BCUT2D eigenvalue weighted by atomic mass is 9.66. The highest BCUT2D eigenvalue weighted by atomic mass is 16.5. The molecule has 0 radical (unpaired) electrons. The Hall–Kier alpha value is -3.16. The molecule has 0 bridgehead atoms. The molecule has 2 saturated heterocycles.